The quantitative estimate of drug-likeness (QED) is 0.776. The van der Waals surface area contributed by atoms with Gasteiger partial charge >= 0.3 is 0 Å². The maximum atomic E-state index is 6.26. The van der Waals surface area contributed by atoms with Crippen LogP contribution in [0, 0.1) is 5.92 Å². The fourth-order valence-electron chi connectivity index (χ4n) is 2.15. The summed E-state index contributed by atoms with van der Waals surface area (Å²) in [7, 11) is 4.20. The molecule has 3 heteroatoms. The number of nitrogens with zero attached hydrogens (tertiary/aromatic N) is 1. The third-order valence-corrected chi connectivity index (χ3v) is 3.86. The largest absolute Gasteiger partial charge is 0.313 e. The number of benzene rings is 1. The second-order valence-corrected chi connectivity index (χ2v) is 6.04. The minimum Gasteiger partial charge on any atom is -0.313 e. The van der Waals surface area contributed by atoms with Gasteiger partial charge in [-0.1, -0.05) is 43.6 Å². The normalized spacial score (nSPS) is 13.2. The van der Waals surface area contributed by atoms with E-state index in [0.717, 1.165) is 30.5 Å². The lowest BCUT2D eigenvalue weighted by Gasteiger charge is -2.23. The van der Waals surface area contributed by atoms with Crippen LogP contribution in [-0.4, -0.2) is 32.1 Å². The summed E-state index contributed by atoms with van der Waals surface area (Å²) in [5, 5.41) is 4.22. The average Bonchev–Trinajstić information content (AvgIpc) is 2.39. The zero-order valence-corrected chi connectivity index (χ0v) is 13.4. The number of rotatable bonds is 8. The molecule has 0 amide bonds. The van der Waals surface area contributed by atoms with E-state index in [1.54, 1.807) is 0 Å². The monoisotopic (exact) mass is 282 g/mol. The highest BCUT2D eigenvalue weighted by molar-refractivity contribution is 6.31. The maximum absolute atomic E-state index is 6.26. The fourth-order valence-corrected chi connectivity index (χ4v) is 2.42. The van der Waals surface area contributed by atoms with E-state index >= 15 is 0 Å². The molecule has 108 valence electrons. The van der Waals surface area contributed by atoms with Gasteiger partial charge in [0.1, 0.15) is 0 Å². The molecule has 0 heterocycles. The first-order chi connectivity index (χ1) is 9.04. The molecule has 19 heavy (non-hydrogen) atoms. The Hall–Kier alpha value is -0.570. The molecule has 0 spiro atoms. The predicted octanol–water partition coefficient (Wildman–Crippen LogP) is 3.97. The van der Waals surface area contributed by atoms with Gasteiger partial charge in [-0.15, -0.1) is 0 Å². The van der Waals surface area contributed by atoms with Gasteiger partial charge in [0.15, 0.2) is 0 Å². The van der Waals surface area contributed by atoms with Gasteiger partial charge < -0.3 is 10.2 Å². The third kappa shape index (κ3) is 5.94. The van der Waals surface area contributed by atoms with Crippen LogP contribution in [0.4, 0.5) is 0 Å². The van der Waals surface area contributed by atoms with Gasteiger partial charge in [0, 0.05) is 11.1 Å². The summed E-state index contributed by atoms with van der Waals surface area (Å²) in [5.41, 5.74) is 1.20. The molecule has 0 aliphatic heterocycles. The Morgan fingerprint density at radius 2 is 1.79 bits per heavy atom. The lowest BCUT2D eigenvalue weighted by Crippen LogP contribution is -2.27. The van der Waals surface area contributed by atoms with Crippen molar-refractivity contribution in [3.63, 3.8) is 0 Å². The van der Waals surface area contributed by atoms with Crippen molar-refractivity contribution in [1.29, 1.82) is 0 Å². The molecule has 1 aromatic rings. The molecular formula is C16H27ClN2. The Balaban J connectivity index is 2.47. The first-order valence-electron chi connectivity index (χ1n) is 7.14. The van der Waals surface area contributed by atoms with E-state index in [-0.39, 0.29) is 0 Å². The van der Waals surface area contributed by atoms with Crippen molar-refractivity contribution in [1.82, 2.24) is 10.2 Å². The topological polar surface area (TPSA) is 15.3 Å². The smallest absolute Gasteiger partial charge is 0.0453 e. The highest BCUT2D eigenvalue weighted by Gasteiger charge is 2.13. The maximum Gasteiger partial charge on any atom is 0.0453 e. The molecular weight excluding hydrogens is 256 g/mol. The van der Waals surface area contributed by atoms with Crippen molar-refractivity contribution < 1.29 is 0 Å². The molecule has 0 fully saturated rings. The average molecular weight is 283 g/mol. The molecule has 0 aromatic heterocycles. The summed E-state index contributed by atoms with van der Waals surface area (Å²) >= 11 is 6.26. The van der Waals surface area contributed by atoms with Gasteiger partial charge in [-0.05, 0) is 57.6 Å². The Bertz CT molecular complexity index is 366. The minimum absolute atomic E-state index is 0.329. The first kappa shape index (κ1) is 16.5. The number of hydrogen-bond acceptors (Lipinski definition) is 2. The van der Waals surface area contributed by atoms with Gasteiger partial charge in [0.05, 0.1) is 0 Å². The lowest BCUT2D eigenvalue weighted by molar-refractivity contribution is 0.292. The van der Waals surface area contributed by atoms with Gasteiger partial charge in [-0.2, -0.15) is 0 Å². The molecule has 0 saturated carbocycles. The summed E-state index contributed by atoms with van der Waals surface area (Å²) in [6.07, 6.45) is 2.33. The van der Waals surface area contributed by atoms with Gasteiger partial charge in [0.2, 0.25) is 0 Å². The Morgan fingerprint density at radius 1 is 1.16 bits per heavy atom. The SMILES string of the molecule is CNC(CCN(C)CCC(C)C)c1ccccc1Cl. The van der Waals surface area contributed by atoms with E-state index in [0.29, 0.717) is 6.04 Å². The molecule has 0 aliphatic carbocycles. The summed E-state index contributed by atoms with van der Waals surface area (Å²) in [5.74, 6) is 0.770. The van der Waals surface area contributed by atoms with Gasteiger partial charge in [-0.25, -0.2) is 0 Å². The van der Waals surface area contributed by atoms with E-state index in [9.17, 15) is 0 Å². The van der Waals surface area contributed by atoms with Crippen LogP contribution in [0.5, 0.6) is 0 Å². The second-order valence-electron chi connectivity index (χ2n) is 5.64. The molecule has 1 aromatic carbocycles. The molecule has 1 unspecified atom stereocenters. The van der Waals surface area contributed by atoms with Crippen molar-refractivity contribution >= 4 is 11.6 Å². The summed E-state index contributed by atoms with van der Waals surface area (Å²) in [4.78, 5) is 2.40. The van der Waals surface area contributed by atoms with Crippen LogP contribution in [-0.2, 0) is 0 Å². The van der Waals surface area contributed by atoms with E-state index in [4.69, 9.17) is 11.6 Å². The van der Waals surface area contributed by atoms with Crippen LogP contribution in [0.3, 0.4) is 0 Å². The molecule has 1 rings (SSSR count). The van der Waals surface area contributed by atoms with Crippen LogP contribution in [0.25, 0.3) is 0 Å². The molecule has 2 nitrogen and oxygen atoms in total. The van der Waals surface area contributed by atoms with Gasteiger partial charge in [-0.3, -0.25) is 0 Å². The van der Waals surface area contributed by atoms with Crippen molar-refractivity contribution in [3.05, 3.63) is 34.9 Å². The van der Waals surface area contributed by atoms with Crippen LogP contribution >= 0.6 is 11.6 Å². The van der Waals surface area contributed by atoms with Crippen LogP contribution in [0.15, 0.2) is 24.3 Å². The van der Waals surface area contributed by atoms with E-state index in [1.807, 2.05) is 25.2 Å². The zero-order chi connectivity index (χ0) is 14.3. The van der Waals surface area contributed by atoms with E-state index < -0.39 is 0 Å². The second kappa shape index (κ2) is 8.57. The van der Waals surface area contributed by atoms with Crippen molar-refractivity contribution in [2.75, 3.05) is 27.2 Å². The van der Waals surface area contributed by atoms with Crippen molar-refractivity contribution in [3.8, 4) is 0 Å². The zero-order valence-electron chi connectivity index (χ0n) is 12.6. The van der Waals surface area contributed by atoms with Gasteiger partial charge in [0.25, 0.3) is 0 Å². The Kier molecular flexibility index (Phi) is 7.44. The molecule has 0 bridgehead atoms. The highest BCUT2D eigenvalue weighted by atomic mass is 35.5. The molecule has 1 N–H and O–H groups in total. The lowest BCUT2D eigenvalue weighted by atomic mass is 10.0. The standard InChI is InChI=1S/C16H27ClN2/c1-13(2)9-11-19(4)12-10-16(18-3)14-7-5-6-8-15(14)17/h5-8,13,16,18H,9-12H2,1-4H3. The fraction of sp³-hybridized carbons (Fsp3) is 0.625. The summed E-state index contributed by atoms with van der Waals surface area (Å²) < 4.78 is 0. The van der Waals surface area contributed by atoms with Crippen LogP contribution in [0.1, 0.15) is 38.3 Å². The first-order valence-corrected chi connectivity index (χ1v) is 7.52. The Morgan fingerprint density at radius 3 is 2.37 bits per heavy atom. The highest BCUT2D eigenvalue weighted by Crippen LogP contribution is 2.24. The third-order valence-electron chi connectivity index (χ3n) is 3.52. The van der Waals surface area contributed by atoms with E-state index in [2.05, 4.69) is 37.2 Å². The number of hydrogen-bond donors (Lipinski definition) is 1. The molecule has 0 aliphatic rings. The van der Waals surface area contributed by atoms with Crippen LogP contribution in [0.2, 0.25) is 5.02 Å². The molecule has 1 atom stereocenters. The molecule has 0 saturated heterocycles. The summed E-state index contributed by atoms with van der Waals surface area (Å²) in [6.45, 7) is 6.79. The minimum atomic E-state index is 0.329. The van der Waals surface area contributed by atoms with Crippen LogP contribution < -0.4 is 5.32 Å². The van der Waals surface area contributed by atoms with E-state index in [1.165, 1.54) is 12.0 Å². The predicted molar refractivity (Wildman–Crippen MR) is 84.8 cm³/mol. The van der Waals surface area contributed by atoms with Crippen molar-refractivity contribution in [2.24, 2.45) is 5.92 Å². The number of halogens is 1. The Labute approximate surface area is 123 Å². The van der Waals surface area contributed by atoms with Crippen molar-refractivity contribution in [2.45, 2.75) is 32.7 Å². The molecule has 0 radical (unpaired) electrons. The number of nitrogens with one attached hydrogen (secondary N) is 1. The summed E-state index contributed by atoms with van der Waals surface area (Å²) in [6, 6.07) is 8.43.